The number of hydrogen-bond donors (Lipinski definition) is 2. The fraction of sp³-hybridized carbons (Fsp3) is 0.652. The fourth-order valence-corrected chi connectivity index (χ4v) is 2.35. The van der Waals surface area contributed by atoms with Crippen LogP contribution in [0.5, 0.6) is 0 Å². The van der Waals surface area contributed by atoms with Crippen molar-refractivity contribution in [2.45, 2.75) is 85.8 Å². The summed E-state index contributed by atoms with van der Waals surface area (Å²) >= 11 is 0. The molecular formula is C23H39NO5. The Morgan fingerprint density at radius 2 is 1.52 bits per heavy atom. The second-order valence-electron chi connectivity index (χ2n) is 8.53. The van der Waals surface area contributed by atoms with E-state index < -0.39 is 23.7 Å². The van der Waals surface area contributed by atoms with Gasteiger partial charge in [0.2, 0.25) is 0 Å². The molecule has 1 atom stereocenters. The molecule has 166 valence electrons. The van der Waals surface area contributed by atoms with E-state index in [4.69, 9.17) is 9.47 Å². The van der Waals surface area contributed by atoms with Gasteiger partial charge in [-0.25, -0.2) is 9.59 Å². The highest BCUT2D eigenvalue weighted by Gasteiger charge is 2.23. The molecule has 0 spiro atoms. The third-order valence-electron chi connectivity index (χ3n) is 3.95. The van der Waals surface area contributed by atoms with E-state index in [1.807, 2.05) is 13.0 Å². The van der Waals surface area contributed by atoms with Crippen LogP contribution in [0.1, 0.15) is 74.1 Å². The van der Waals surface area contributed by atoms with E-state index in [1.54, 1.807) is 20.8 Å². The molecule has 0 aliphatic rings. The van der Waals surface area contributed by atoms with Crippen LogP contribution >= 0.6 is 0 Å². The van der Waals surface area contributed by atoms with Gasteiger partial charge in [-0.3, -0.25) is 0 Å². The van der Waals surface area contributed by atoms with Crippen molar-refractivity contribution < 1.29 is 24.2 Å². The molecule has 0 saturated carbocycles. The van der Waals surface area contributed by atoms with Crippen LogP contribution < -0.4 is 5.32 Å². The zero-order valence-corrected chi connectivity index (χ0v) is 19.1. The van der Waals surface area contributed by atoms with E-state index in [0.717, 1.165) is 25.7 Å². The van der Waals surface area contributed by atoms with Crippen LogP contribution in [0.4, 0.5) is 4.79 Å². The first-order valence-electron chi connectivity index (χ1n) is 10.2. The summed E-state index contributed by atoms with van der Waals surface area (Å²) in [4.78, 5) is 23.0. The molecule has 0 fully saturated rings. The van der Waals surface area contributed by atoms with Gasteiger partial charge in [-0.15, -0.1) is 0 Å². The lowest BCUT2D eigenvalue weighted by atomic mass is 10.1. The zero-order chi connectivity index (χ0) is 22.4. The molecule has 0 radical (unpaired) electrons. The first kappa shape index (κ1) is 26.9. The maximum atomic E-state index is 11.7. The topological polar surface area (TPSA) is 84.9 Å². The summed E-state index contributed by atoms with van der Waals surface area (Å²) in [5.74, 6) is -1.16. The van der Waals surface area contributed by atoms with E-state index in [-0.39, 0.29) is 6.61 Å². The molecule has 0 saturated heterocycles. The third-order valence-corrected chi connectivity index (χ3v) is 3.95. The Morgan fingerprint density at radius 3 is 2.03 bits per heavy atom. The third kappa shape index (κ3) is 16.6. The van der Waals surface area contributed by atoms with Gasteiger partial charge < -0.3 is 19.9 Å². The minimum Gasteiger partial charge on any atom is -0.480 e. The van der Waals surface area contributed by atoms with E-state index >= 15 is 0 Å². The molecule has 0 unspecified atom stereocenters. The van der Waals surface area contributed by atoms with Gasteiger partial charge in [0.15, 0.2) is 6.04 Å². The number of alkyl carbamates (subject to hydrolysis) is 1. The molecule has 2 N–H and O–H groups in total. The Balaban J connectivity index is 4.25. The van der Waals surface area contributed by atoms with Crippen LogP contribution in [0.2, 0.25) is 0 Å². The first-order chi connectivity index (χ1) is 13.4. The summed E-state index contributed by atoms with van der Waals surface area (Å²) in [6, 6.07) is -1.15. The summed E-state index contributed by atoms with van der Waals surface area (Å²) in [5.41, 5.74) is 3.24. The molecule has 0 aliphatic heterocycles. The Hall–Kier alpha value is -2.08. The predicted octanol–water partition coefficient (Wildman–Crippen LogP) is 5.40. The van der Waals surface area contributed by atoms with Crippen molar-refractivity contribution in [1.29, 1.82) is 0 Å². The summed E-state index contributed by atoms with van der Waals surface area (Å²) in [7, 11) is 0. The normalized spacial score (nSPS) is 13.6. The lowest BCUT2D eigenvalue weighted by Gasteiger charge is -2.21. The molecule has 0 bridgehead atoms. The van der Waals surface area contributed by atoms with Crippen molar-refractivity contribution in [2.75, 3.05) is 13.2 Å². The number of nitrogens with one attached hydrogen (secondary N) is 1. The zero-order valence-electron chi connectivity index (χ0n) is 19.1. The van der Waals surface area contributed by atoms with Crippen LogP contribution in [0, 0.1) is 0 Å². The number of carbonyl (C=O) groups excluding carboxylic acids is 1. The molecule has 0 aromatic heterocycles. The molecule has 29 heavy (non-hydrogen) atoms. The highest BCUT2D eigenvalue weighted by molar-refractivity contribution is 5.80. The Morgan fingerprint density at radius 1 is 0.966 bits per heavy atom. The van der Waals surface area contributed by atoms with Crippen LogP contribution in [-0.2, 0) is 14.3 Å². The van der Waals surface area contributed by atoms with Gasteiger partial charge in [0, 0.05) is 0 Å². The smallest absolute Gasteiger partial charge is 0.408 e. The molecule has 1 amide bonds. The largest absolute Gasteiger partial charge is 0.480 e. The van der Waals surface area contributed by atoms with Gasteiger partial charge in [-0.1, -0.05) is 34.9 Å². The van der Waals surface area contributed by atoms with E-state index in [1.165, 1.54) is 16.7 Å². The summed E-state index contributed by atoms with van der Waals surface area (Å²) < 4.78 is 10.5. The lowest BCUT2D eigenvalue weighted by Crippen LogP contribution is -2.46. The molecule has 0 heterocycles. The summed E-state index contributed by atoms with van der Waals surface area (Å²) in [6.45, 7) is 13.7. The second-order valence-corrected chi connectivity index (χ2v) is 8.53. The van der Waals surface area contributed by atoms with Gasteiger partial charge in [-0.2, -0.15) is 0 Å². The van der Waals surface area contributed by atoms with Crippen molar-refractivity contribution in [1.82, 2.24) is 5.32 Å². The average molecular weight is 410 g/mol. The lowest BCUT2D eigenvalue weighted by molar-refractivity contribution is -0.141. The molecule has 6 nitrogen and oxygen atoms in total. The fourth-order valence-electron chi connectivity index (χ4n) is 2.35. The van der Waals surface area contributed by atoms with Gasteiger partial charge in [0.1, 0.15) is 5.60 Å². The summed E-state index contributed by atoms with van der Waals surface area (Å²) in [6.07, 6.45) is 9.76. The predicted molar refractivity (Wildman–Crippen MR) is 117 cm³/mol. The van der Waals surface area contributed by atoms with E-state index in [9.17, 15) is 14.7 Å². The minimum atomic E-state index is -1.16. The van der Waals surface area contributed by atoms with Crippen molar-refractivity contribution in [2.24, 2.45) is 0 Å². The van der Waals surface area contributed by atoms with Crippen molar-refractivity contribution >= 4 is 12.1 Å². The number of amides is 1. The van der Waals surface area contributed by atoms with E-state index in [2.05, 4.69) is 38.2 Å². The Kier molecular flexibility index (Phi) is 13.0. The maximum Gasteiger partial charge on any atom is 0.408 e. The quantitative estimate of drug-likeness (QED) is 0.333. The van der Waals surface area contributed by atoms with Crippen LogP contribution in [-0.4, -0.2) is 42.0 Å². The number of carbonyl (C=O) groups is 2. The molecular weight excluding hydrogens is 370 g/mol. The molecule has 6 heteroatoms. The number of ether oxygens (including phenoxy) is 2. The first-order valence-corrected chi connectivity index (χ1v) is 10.2. The van der Waals surface area contributed by atoms with E-state index in [0.29, 0.717) is 6.61 Å². The maximum absolute atomic E-state index is 11.7. The Labute approximate surface area is 176 Å². The van der Waals surface area contributed by atoms with Crippen molar-refractivity contribution in [3.63, 3.8) is 0 Å². The minimum absolute atomic E-state index is 0.123. The molecule has 0 aromatic rings. The highest BCUT2D eigenvalue weighted by atomic mass is 16.6. The standard InChI is InChI=1S/C23H39NO5/c1-17(2)10-8-11-18(3)12-9-13-19(4)14-15-28-16-20(21(25)26)24-22(27)29-23(5,6)7/h10,12,14,20H,8-9,11,13,15-16H2,1-7H3,(H,24,27)(H,25,26)/b18-12+,19-14+/t20-/m0/s1. The van der Waals surface area contributed by atoms with Gasteiger partial charge in [0.05, 0.1) is 13.2 Å². The number of rotatable bonds is 12. The number of aliphatic carboxylic acids is 1. The Bertz CT molecular complexity index is 607. The second kappa shape index (κ2) is 14.0. The van der Waals surface area contributed by atoms with Crippen molar-refractivity contribution in [3.8, 4) is 0 Å². The van der Waals surface area contributed by atoms with Crippen LogP contribution in [0.3, 0.4) is 0 Å². The van der Waals surface area contributed by atoms with Gasteiger partial charge >= 0.3 is 12.1 Å². The van der Waals surface area contributed by atoms with Gasteiger partial charge in [-0.05, 0) is 74.1 Å². The molecule has 0 aromatic carbocycles. The number of carboxylic acids is 1. The molecule has 0 aliphatic carbocycles. The van der Waals surface area contributed by atoms with Gasteiger partial charge in [0.25, 0.3) is 0 Å². The number of allylic oxidation sites excluding steroid dienone is 5. The van der Waals surface area contributed by atoms with Crippen LogP contribution in [0.15, 0.2) is 34.9 Å². The monoisotopic (exact) mass is 409 g/mol. The average Bonchev–Trinajstić information content (AvgIpc) is 2.55. The van der Waals surface area contributed by atoms with Crippen molar-refractivity contribution in [3.05, 3.63) is 34.9 Å². The number of carboxylic acid groups (broad SMARTS) is 1. The summed E-state index contributed by atoms with van der Waals surface area (Å²) in [5, 5.41) is 11.5. The SMILES string of the molecule is CC(C)=CCC/C(C)=C/CC/C(C)=C/COC[C@H](NC(=O)OC(C)(C)C)C(=O)O. The number of hydrogen-bond acceptors (Lipinski definition) is 4. The highest BCUT2D eigenvalue weighted by Crippen LogP contribution is 2.11. The van der Waals surface area contributed by atoms with Crippen LogP contribution in [0.25, 0.3) is 0 Å². The molecule has 0 rings (SSSR count).